The smallest absolute Gasteiger partial charge is 0.337 e. The number of pyridine rings is 1. The number of hydrogen-bond donors (Lipinski definition) is 2. The maximum atomic E-state index is 11.0. The van der Waals surface area contributed by atoms with Gasteiger partial charge in [-0.05, 0) is 19.1 Å². The second-order valence-electron chi connectivity index (χ2n) is 3.35. The Morgan fingerprint density at radius 3 is 2.87 bits per heavy atom. The van der Waals surface area contributed by atoms with Crippen LogP contribution in [-0.2, 0) is 0 Å². The Kier molecular flexibility index (Phi) is 2.28. The van der Waals surface area contributed by atoms with Crippen molar-refractivity contribution < 1.29 is 9.90 Å². The van der Waals surface area contributed by atoms with Gasteiger partial charge in [-0.1, -0.05) is 24.4 Å². The molecule has 2 rings (SSSR count). The summed E-state index contributed by atoms with van der Waals surface area (Å²) < 4.78 is 0.671. The molecule has 1 aromatic heterocycles. The van der Waals surface area contributed by atoms with Gasteiger partial charge in [0.05, 0.1) is 11.1 Å². The van der Waals surface area contributed by atoms with E-state index >= 15 is 0 Å². The van der Waals surface area contributed by atoms with E-state index in [9.17, 15) is 4.79 Å². The van der Waals surface area contributed by atoms with Crippen molar-refractivity contribution >= 4 is 29.1 Å². The van der Waals surface area contributed by atoms with Gasteiger partial charge in [-0.3, -0.25) is 0 Å². The lowest BCUT2D eigenvalue weighted by Crippen LogP contribution is -1.99. The fourth-order valence-electron chi connectivity index (χ4n) is 1.58. The van der Waals surface area contributed by atoms with Crippen molar-refractivity contribution in [1.82, 2.24) is 4.98 Å². The van der Waals surface area contributed by atoms with Crippen molar-refractivity contribution in [2.75, 3.05) is 0 Å². The monoisotopic (exact) mass is 219 g/mol. The van der Waals surface area contributed by atoms with Gasteiger partial charge in [0.2, 0.25) is 0 Å². The summed E-state index contributed by atoms with van der Waals surface area (Å²) in [5, 5.41) is 9.78. The summed E-state index contributed by atoms with van der Waals surface area (Å²) in [5.74, 6) is -0.947. The van der Waals surface area contributed by atoms with Crippen LogP contribution < -0.4 is 0 Å². The second-order valence-corrected chi connectivity index (χ2v) is 3.79. The van der Waals surface area contributed by atoms with Gasteiger partial charge in [0.15, 0.2) is 0 Å². The molecule has 0 amide bonds. The third kappa shape index (κ3) is 1.64. The molecule has 0 unspecified atom stereocenters. The van der Waals surface area contributed by atoms with E-state index in [2.05, 4.69) is 4.98 Å². The quantitative estimate of drug-likeness (QED) is 0.725. The molecule has 0 saturated heterocycles. The van der Waals surface area contributed by atoms with E-state index in [-0.39, 0.29) is 5.56 Å². The maximum Gasteiger partial charge on any atom is 0.337 e. The number of carbonyl (C=O) groups is 1. The highest BCUT2D eigenvalue weighted by Gasteiger charge is 2.08. The molecular weight excluding hydrogens is 210 g/mol. The molecular formula is C11H9NO2S. The number of aromatic carboxylic acids is 1. The SMILES string of the molecule is Cc1cc(=S)c2cccc(C(=O)O)c2[nH]1. The minimum atomic E-state index is -0.947. The molecule has 0 aliphatic carbocycles. The number of fused-ring (bicyclic) bond motifs is 1. The van der Waals surface area contributed by atoms with Crippen molar-refractivity contribution in [3.05, 3.63) is 40.0 Å². The molecule has 0 aliphatic rings. The van der Waals surface area contributed by atoms with E-state index in [4.69, 9.17) is 17.3 Å². The molecule has 2 aromatic rings. The van der Waals surface area contributed by atoms with Gasteiger partial charge < -0.3 is 10.1 Å². The third-order valence-electron chi connectivity index (χ3n) is 2.23. The van der Waals surface area contributed by atoms with E-state index in [1.807, 2.05) is 19.1 Å². The van der Waals surface area contributed by atoms with Crippen molar-refractivity contribution in [2.24, 2.45) is 0 Å². The molecule has 0 spiro atoms. The molecule has 76 valence electrons. The molecule has 4 heteroatoms. The average molecular weight is 219 g/mol. The van der Waals surface area contributed by atoms with Gasteiger partial charge in [-0.2, -0.15) is 0 Å². The van der Waals surface area contributed by atoms with Crippen molar-refractivity contribution in [1.29, 1.82) is 0 Å². The summed E-state index contributed by atoms with van der Waals surface area (Å²) in [7, 11) is 0. The fourth-order valence-corrected chi connectivity index (χ4v) is 1.93. The van der Waals surface area contributed by atoms with Crippen molar-refractivity contribution in [3.8, 4) is 0 Å². The lowest BCUT2D eigenvalue weighted by Gasteiger charge is -2.04. The van der Waals surface area contributed by atoms with Crippen LogP contribution in [0.15, 0.2) is 24.3 Å². The highest BCUT2D eigenvalue weighted by molar-refractivity contribution is 7.71. The third-order valence-corrected chi connectivity index (χ3v) is 2.57. The number of carboxylic acid groups (broad SMARTS) is 1. The number of carboxylic acids is 1. The minimum absolute atomic E-state index is 0.252. The van der Waals surface area contributed by atoms with Crippen LogP contribution in [0.3, 0.4) is 0 Å². The molecule has 0 saturated carbocycles. The Balaban J connectivity index is 2.97. The van der Waals surface area contributed by atoms with Gasteiger partial charge in [-0.25, -0.2) is 4.79 Å². The van der Waals surface area contributed by atoms with Crippen LogP contribution in [0.2, 0.25) is 0 Å². The van der Waals surface area contributed by atoms with Crippen LogP contribution in [0.4, 0.5) is 0 Å². The minimum Gasteiger partial charge on any atom is -0.478 e. The Hall–Kier alpha value is -1.68. The number of aryl methyl sites for hydroxylation is 1. The van der Waals surface area contributed by atoms with Crippen LogP contribution in [0.5, 0.6) is 0 Å². The van der Waals surface area contributed by atoms with Crippen molar-refractivity contribution in [3.63, 3.8) is 0 Å². The number of para-hydroxylation sites is 1. The normalized spacial score (nSPS) is 10.5. The Morgan fingerprint density at radius 1 is 1.47 bits per heavy atom. The topological polar surface area (TPSA) is 53.1 Å². The van der Waals surface area contributed by atoms with Gasteiger partial charge in [0.25, 0.3) is 0 Å². The first-order valence-electron chi connectivity index (χ1n) is 4.45. The summed E-state index contributed by atoms with van der Waals surface area (Å²) in [5.41, 5.74) is 1.71. The number of benzene rings is 1. The zero-order valence-corrected chi connectivity index (χ0v) is 8.89. The Morgan fingerprint density at radius 2 is 2.20 bits per heavy atom. The standard InChI is InChI=1S/C11H9NO2S/c1-6-5-9(15)7-3-2-4-8(11(13)14)10(7)12-6/h2-5H,1H3,(H,12,15)(H,13,14). The number of aromatic amines is 1. The van der Waals surface area contributed by atoms with Crippen LogP contribution in [0.25, 0.3) is 10.9 Å². The first-order chi connectivity index (χ1) is 7.09. The van der Waals surface area contributed by atoms with E-state index in [1.165, 1.54) is 0 Å². The molecule has 1 aromatic carbocycles. The summed E-state index contributed by atoms with van der Waals surface area (Å²) >= 11 is 5.17. The highest BCUT2D eigenvalue weighted by Crippen LogP contribution is 2.18. The van der Waals surface area contributed by atoms with Crippen LogP contribution in [-0.4, -0.2) is 16.1 Å². The van der Waals surface area contributed by atoms with E-state index in [0.29, 0.717) is 10.0 Å². The predicted octanol–water partition coefficient (Wildman–Crippen LogP) is 2.90. The molecule has 1 heterocycles. The zero-order valence-electron chi connectivity index (χ0n) is 8.07. The first-order valence-corrected chi connectivity index (χ1v) is 4.86. The van der Waals surface area contributed by atoms with Gasteiger partial charge in [-0.15, -0.1) is 0 Å². The molecule has 0 aliphatic heterocycles. The van der Waals surface area contributed by atoms with Crippen LogP contribution >= 0.6 is 12.2 Å². The molecule has 0 fully saturated rings. The summed E-state index contributed by atoms with van der Waals surface area (Å²) in [6.45, 7) is 1.86. The average Bonchev–Trinajstić information content (AvgIpc) is 2.16. The maximum absolute atomic E-state index is 11.0. The molecule has 15 heavy (non-hydrogen) atoms. The van der Waals surface area contributed by atoms with E-state index in [0.717, 1.165) is 11.1 Å². The Bertz CT molecular complexity index is 601. The largest absolute Gasteiger partial charge is 0.478 e. The van der Waals surface area contributed by atoms with Crippen molar-refractivity contribution in [2.45, 2.75) is 6.92 Å². The molecule has 0 radical (unpaired) electrons. The number of hydrogen-bond acceptors (Lipinski definition) is 2. The Labute approximate surface area is 91.4 Å². The number of nitrogens with one attached hydrogen (secondary N) is 1. The van der Waals surface area contributed by atoms with Gasteiger partial charge in [0.1, 0.15) is 0 Å². The predicted molar refractivity (Wildman–Crippen MR) is 60.8 cm³/mol. The van der Waals surface area contributed by atoms with E-state index < -0.39 is 5.97 Å². The summed E-state index contributed by atoms with van der Waals surface area (Å²) in [6.07, 6.45) is 0. The first kappa shape index (κ1) is 9.86. The number of aromatic nitrogens is 1. The fraction of sp³-hybridized carbons (Fsp3) is 0.0909. The summed E-state index contributed by atoms with van der Waals surface area (Å²) in [4.78, 5) is 14.0. The number of H-pyrrole nitrogens is 1. The van der Waals surface area contributed by atoms with Crippen LogP contribution in [0.1, 0.15) is 16.1 Å². The lowest BCUT2D eigenvalue weighted by atomic mass is 10.1. The zero-order chi connectivity index (χ0) is 11.0. The van der Waals surface area contributed by atoms with Gasteiger partial charge >= 0.3 is 5.97 Å². The highest BCUT2D eigenvalue weighted by atomic mass is 32.1. The molecule has 0 bridgehead atoms. The lowest BCUT2D eigenvalue weighted by molar-refractivity contribution is 0.0699. The second kappa shape index (κ2) is 3.47. The van der Waals surface area contributed by atoms with Crippen LogP contribution in [0, 0.1) is 11.4 Å². The number of rotatable bonds is 1. The molecule has 2 N–H and O–H groups in total. The van der Waals surface area contributed by atoms with Gasteiger partial charge in [0, 0.05) is 15.6 Å². The summed E-state index contributed by atoms with van der Waals surface area (Å²) in [6, 6.07) is 6.91. The molecule has 3 nitrogen and oxygen atoms in total. The van der Waals surface area contributed by atoms with E-state index in [1.54, 1.807) is 12.1 Å². The molecule has 0 atom stereocenters.